The number of benzene rings is 1. The highest BCUT2D eigenvalue weighted by atomic mass is 35.5. The first-order valence-electron chi connectivity index (χ1n) is 6.80. The summed E-state index contributed by atoms with van der Waals surface area (Å²) < 4.78 is 2.32. The van der Waals surface area contributed by atoms with E-state index in [0.29, 0.717) is 6.04 Å². The van der Waals surface area contributed by atoms with Crippen LogP contribution >= 0.6 is 11.6 Å². The lowest BCUT2D eigenvalue weighted by Crippen LogP contribution is -2.29. The summed E-state index contributed by atoms with van der Waals surface area (Å²) >= 11 is 6.23. The van der Waals surface area contributed by atoms with E-state index >= 15 is 0 Å². The summed E-state index contributed by atoms with van der Waals surface area (Å²) in [5.74, 6) is 1.11. The van der Waals surface area contributed by atoms with E-state index in [-0.39, 0.29) is 0 Å². The molecular formula is C15H18ClN3. The maximum atomic E-state index is 6.23. The van der Waals surface area contributed by atoms with Crippen molar-refractivity contribution in [1.29, 1.82) is 0 Å². The number of nitrogens with zero attached hydrogens (tertiary/aromatic N) is 2. The van der Waals surface area contributed by atoms with Gasteiger partial charge in [-0.2, -0.15) is 0 Å². The van der Waals surface area contributed by atoms with Gasteiger partial charge in [-0.1, -0.05) is 29.8 Å². The number of aromatic nitrogens is 2. The van der Waals surface area contributed by atoms with Crippen LogP contribution in [0.2, 0.25) is 5.02 Å². The van der Waals surface area contributed by atoms with E-state index in [2.05, 4.69) is 27.1 Å². The maximum Gasteiger partial charge on any atom is 0.113 e. The standard InChI is InChI=1S/C15H18ClN3/c16-14-4-2-1-3-12(14)11-15-18-9-10-19(15)13-5-7-17-8-6-13/h1-4,9-10,13,17H,5-8,11H2. The molecule has 0 bridgehead atoms. The average Bonchev–Trinajstić information content (AvgIpc) is 2.91. The minimum atomic E-state index is 0.571. The number of nitrogens with one attached hydrogen (secondary N) is 1. The molecule has 0 unspecified atom stereocenters. The van der Waals surface area contributed by atoms with Crippen molar-refractivity contribution in [3.05, 3.63) is 53.1 Å². The van der Waals surface area contributed by atoms with E-state index in [9.17, 15) is 0 Å². The molecule has 0 radical (unpaired) electrons. The predicted octanol–water partition coefficient (Wildman–Crippen LogP) is 3.05. The summed E-state index contributed by atoms with van der Waals surface area (Å²) in [4.78, 5) is 4.51. The Bertz CT molecular complexity index is 544. The Balaban J connectivity index is 1.82. The van der Waals surface area contributed by atoms with E-state index in [0.717, 1.165) is 35.9 Å². The molecule has 0 saturated carbocycles. The minimum absolute atomic E-state index is 0.571. The van der Waals surface area contributed by atoms with Crippen molar-refractivity contribution in [2.24, 2.45) is 0 Å². The van der Waals surface area contributed by atoms with Crippen molar-refractivity contribution < 1.29 is 0 Å². The topological polar surface area (TPSA) is 29.9 Å². The van der Waals surface area contributed by atoms with E-state index in [1.165, 1.54) is 12.8 Å². The normalized spacial score (nSPS) is 16.7. The lowest BCUT2D eigenvalue weighted by molar-refractivity contribution is 0.361. The zero-order valence-electron chi connectivity index (χ0n) is 10.8. The maximum absolute atomic E-state index is 6.23. The Morgan fingerprint density at radius 3 is 2.84 bits per heavy atom. The van der Waals surface area contributed by atoms with Crippen molar-refractivity contribution in [2.45, 2.75) is 25.3 Å². The largest absolute Gasteiger partial charge is 0.332 e. The van der Waals surface area contributed by atoms with Crippen molar-refractivity contribution in [3.63, 3.8) is 0 Å². The molecule has 1 aliphatic heterocycles. The quantitative estimate of drug-likeness (QED) is 0.933. The lowest BCUT2D eigenvalue weighted by atomic mass is 10.1. The van der Waals surface area contributed by atoms with Gasteiger partial charge < -0.3 is 9.88 Å². The Morgan fingerprint density at radius 2 is 2.05 bits per heavy atom. The highest BCUT2D eigenvalue weighted by Gasteiger charge is 2.17. The van der Waals surface area contributed by atoms with Gasteiger partial charge in [0.25, 0.3) is 0 Å². The monoisotopic (exact) mass is 275 g/mol. The molecule has 3 nitrogen and oxygen atoms in total. The zero-order valence-corrected chi connectivity index (χ0v) is 11.6. The molecule has 1 fully saturated rings. The Hall–Kier alpha value is -1.32. The van der Waals surface area contributed by atoms with Crippen LogP contribution < -0.4 is 5.32 Å². The number of rotatable bonds is 3. The molecule has 0 spiro atoms. The Morgan fingerprint density at radius 1 is 1.26 bits per heavy atom. The first-order valence-corrected chi connectivity index (χ1v) is 7.18. The van der Waals surface area contributed by atoms with Crippen LogP contribution in [0.1, 0.15) is 30.3 Å². The van der Waals surface area contributed by atoms with Gasteiger partial charge >= 0.3 is 0 Å². The SMILES string of the molecule is Clc1ccccc1Cc1nccn1C1CCNCC1. The fourth-order valence-corrected chi connectivity index (χ4v) is 2.91. The van der Waals surface area contributed by atoms with Crippen LogP contribution in [0, 0.1) is 0 Å². The second-order valence-corrected chi connectivity index (χ2v) is 5.41. The fourth-order valence-electron chi connectivity index (χ4n) is 2.71. The van der Waals surface area contributed by atoms with Gasteiger partial charge in [-0.05, 0) is 37.6 Å². The first-order chi connectivity index (χ1) is 9.34. The van der Waals surface area contributed by atoms with E-state index in [1.54, 1.807) is 0 Å². The smallest absolute Gasteiger partial charge is 0.113 e. The molecule has 1 N–H and O–H groups in total. The molecule has 1 aromatic carbocycles. The highest BCUT2D eigenvalue weighted by Crippen LogP contribution is 2.23. The molecule has 1 aromatic heterocycles. The van der Waals surface area contributed by atoms with Gasteiger partial charge in [0.2, 0.25) is 0 Å². The molecule has 2 aromatic rings. The number of halogens is 1. The second-order valence-electron chi connectivity index (χ2n) is 5.00. The summed E-state index contributed by atoms with van der Waals surface area (Å²) in [5.41, 5.74) is 1.14. The molecule has 2 heterocycles. The summed E-state index contributed by atoms with van der Waals surface area (Å²) in [6, 6.07) is 8.57. The van der Waals surface area contributed by atoms with Gasteiger partial charge in [0, 0.05) is 29.9 Å². The van der Waals surface area contributed by atoms with Crippen molar-refractivity contribution >= 4 is 11.6 Å². The Kier molecular flexibility index (Phi) is 3.85. The fraction of sp³-hybridized carbons (Fsp3) is 0.400. The number of piperidine rings is 1. The van der Waals surface area contributed by atoms with Crippen LogP contribution in [0.15, 0.2) is 36.7 Å². The number of hydrogen-bond acceptors (Lipinski definition) is 2. The van der Waals surface area contributed by atoms with Crippen molar-refractivity contribution in [1.82, 2.24) is 14.9 Å². The third kappa shape index (κ3) is 2.82. The van der Waals surface area contributed by atoms with E-state index in [1.807, 2.05) is 24.4 Å². The molecule has 0 aliphatic carbocycles. The Labute approximate surface area is 118 Å². The molecule has 100 valence electrons. The average molecular weight is 276 g/mol. The molecule has 19 heavy (non-hydrogen) atoms. The molecule has 0 amide bonds. The number of hydrogen-bond donors (Lipinski definition) is 1. The first kappa shape index (κ1) is 12.7. The van der Waals surface area contributed by atoms with Gasteiger partial charge in [-0.15, -0.1) is 0 Å². The van der Waals surface area contributed by atoms with Crippen LogP contribution in [0.4, 0.5) is 0 Å². The summed E-state index contributed by atoms with van der Waals surface area (Å²) in [6.07, 6.45) is 7.14. The van der Waals surface area contributed by atoms with Gasteiger partial charge in [0.1, 0.15) is 5.82 Å². The molecular weight excluding hydrogens is 258 g/mol. The van der Waals surface area contributed by atoms with Crippen LogP contribution in [-0.4, -0.2) is 22.6 Å². The zero-order chi connectivity index (χ0) is 13.1. The van der Waals surface area contributed by atoms with Crippen LogP contribution in [0.3, 0.4) is 0 Å². The number of imidazole rings is 1. The third-order valence-electron chi connectivity index (χ3n) is 3.76. The van der Waals surface area contributed by atoms with Crippen LogP contribution in [0.5, 0.6) is 0 Å². The van der Waals surface area contributed by atoms with Gasteiger partial charge in [0.05, 0.1) is 0 Å². The van der Waals surface area contributed by atoms with Crippen LogP contribution in [0.25, 0.3) is 0 Å². The minimum Gasteiger partial charge on any atom is -0.332 e. The molecule has 1 saturated heterocycles. The van der Waals surface area contributed by atoms with Gasteiger partial charge in [-0.25, -0.2) is 4.98 Å². The van der Waals surface area contributed by atoms with Gasteiger partial charge in [0.15, 0.2) is 0 Å². The molecule has 0 atom stereocenters. The van der Waals surface area contributed by atoms with Crippen molar-refractivity contribution in [2.75, 3.05) is 13.1 Å². The van der Waals surface area contributed by atoms with Gasteiger partial charge in [-0.3, -0.25) is 0 Å². The summed E-state index contributed by atoms with van der Waals surface area (Å²) in [6.45, 7) is 2.18. The van der Waals surface area contributed by atoms with E-state index < -0.39 is 0 Å². The lowest BCUT2D eigenvalue weighted by Gasteiger charge is -2.25. The molecule has 3 rings (SSSR count). The molecule has 4 heteroatoms. The molecule has 1 aliphatic rings. The third-order valence-corrected chi connectivity index (χ3v) is 4.13. The summed E-state index contributed by atoms with van der Waals surface area (Å²) in [7, 11) is 0. The predicted molar refractivity (Wildman–Crippen MR) is 77.6 cm³/mol. The van der Waals surface area contributed by atoms with Crippen LogP contribution in [-0.2, 0) is 6.42 Å². The van der Waals surface area contributed by atoms with Crippen molar-refractivity contribution in [3.8, 4) is 0 Å². The summed E-state index contributed by atoms with van der Waals surface area (Å²) in [5, 5.41) is 4.22. The second kappa shape index (κ2) is 5.76. The highest BCUT2D eigenvalue weighted by molar-refractivity contribution is 6.31. The van der Waals surface area contributed by atoms with E-state index in [4.69, 9.17) is 11.6 Å².